The van der Waals surface area contributed by atoms with Gasteiger partial charge in [0.1, 0.15) is 11.6 Å². The first-order valence-corrected chi connectivity index (χ1v) is 5.77. The van der Waals surface area contributed by atoms with Crippen molar-refractivity contribution in [2.24, 2.45) is 0 Å². The van der Waals surface area contributed by atoms with Crippen molar-refractivity contribution in [2.75, 3.05) is 27.2 Å². The van der Waals surface area contributed by atoms with Crippen molar-refractivity contribution in [3.63, 3.8) is 0 Å². The van der Waals surface area contributed by atoms with Crippen LogP contribution in [0.25, 0.3) is 0 Å². The Bertz CT molecular complexity index is 380. The minimum Gasteiger partial charge on any atom is -0.318 e. The molecule has 0 spiro atoms. The molecule has 0 bridgehead atoms. The van der Waals surface area contributed by atoms with E-state index in [1.165, 1.54) is 12.1 Å². The van der Waals surface area contributed by atoms with Crippen molar-refractivity contribution in [2.45, 2.75) is 19.9 Å². The van der Waals surface area contributed by atoms with Crippen molar-refractivity contribution in [3.8, 4) is 0 Å². The van der Waals surface area contributed by atoms with E-state index in [0.717, 1.165) is 13.1 Å². The van der Waals surface area contributed by atoms with E-state index in [0.29, 0.717) is 11.1 Å². The average Bonchev–Trinajstić information content (AvgIpc) is 2.29. The van der Waals surface area contributed by atoms with Crippen molar-refractivity contribution in [1.82, 2.24) is 10.2 Å². The fraction of sp³-hybridized carbons (Fsp3) is 0.538. The van der Waals surface area contributed by atoms with Gasteiger partial charge in [-0.2, -0.15) is 0 Å². The second-order valence-corrected chi connectivity index (χ2v) is 4.38. The third kappa shape index (κ3) is 3.48. The molecular weight excluding hydrogens is 222 g/mol. The Labute approximate surface area is 102 Å². The third-order valence-corrected chi connectivity index (χ3v) is 3.10. The SMILES string of the molecule is CNCCN(C)C(C)c1cc(F)c(C)cc1F. The number of hydrogen-bond donors (Lipinski definition) is 1. The average molecular weight is 242 g/mol. The zero-order valence-electron chi connectivity index (χ0n) is 10.8. The number of nitrogens with one attached hydrogen (secondary N) is 1. The van der Waals surface area contributed by atoms with E-state index >= 15 is 0 Å². The van der Waals surface area contributed by atoms with E-state index in [1.807, 2.05) is 25.9 Å². The van der Waals surface area contributed by atoms with Gasteiger partial charge in [0.15, 0.2) is 0 Å². The molecule has 17 heavy (non-hydrogen) atoms. The first kappa shape index (κ1) is 14.1. The lowest BCUT2D eigenvalue weighted by atomic mass is 10.0. The third-order valence-electron chi connectivity index (χ3n) is 3.10. The second-order valence-electron chi connectivity index (χ2n) is 4.38. The highest BCUT2D eigenvalue weighted by Gasteiger charge is 2.17. The topological polar surface area (TPSA) is 15.3 Å². The van der Waals surface area contributed by atoms with Crippen LogP contribution in [0, 0.1) is 18.6 Å². The van der Waals surface area contributed by atoms with Gasteiger partial charge in [-0.05, 0) is 45.6 Å². The first-order chi connectivity index (χ1) is 7.97. The van der Waals surface area contributed by atoms with Gasteiger partial charge in [-0.3, -0.25) is 4.90 Å². The van der Waals surface area contributed by atoms with Crippen LogP contribution in [0.3, 0.4) is 0 Å². The molecule has 1 unspecified atom stereocenters. The largest absolute Gasteiger partial charge is 0.318 e. The molecule has 2 nitrogen and oxygen atoms in total. The number of likely N-dealkylation sites (N-methyl/N-ethyl adjacent to an activating group) is 2. The molecule has 0 aliphatic carbocycles. The summed E-state index contributed by atoms with van der Waals surface area (Å²) < 4.78 is 27.2. The molecular formula is C13H20F2N2. The quantitative estimate of drug-likeness (QED) is 0.853. The number of aryl methyl sites for hydroxylation is 1. The number of nitrogens with zero attached hydrogens (tertiary/aromatic N) is 1. The lowest BCUT2D eigenvalue weighted by Gasteiger charge is -2.25. The van der Waals surface area contributed by atoms with Crippen LogP contribution in [-0.2, 0) is 0 Å². The van der Waals surface area contributed by atoms with Gasteiger partial charge in [0.05, 0.1) is 0 Å². The molecule has 0 aliphatic rings. The summed E-state index contributed by atoms with van der Waals surface area (Å²) in [5.74, 6) is -0.692. The maximum Gasteiger partial charge on any atom is 0.128 e. The van der Waals surface area contributed by atoms with Crippen molar-refractivity contribution < 1.29 is 8.78 Å². The highest BCUT2D eigenvalue weighted by atomic mass is 19.1. The molecule has 0 aliphatic heterocycles. The summed E-state index contributed by atoms with van der Waals surface area (Å²) in [4.78, 5) is 1.99. The maximum atomic E-state index is 13.8. The predicted molar refractivity (Wildman–Crippen MR) is 66.1 cm³/mol. The van der Waals surface area contributed by atoms with Gasteiger partial charge >= 0.3 is 0 Å². The molecule has 0 heterocycles. The van der Waals surface area contributed by atoms with Gasteiger partial charge in [-0.25, -0.2) is 8.78 Å². The van der Waals surface area contributed by atoms with Crippen LogP contribution in [0.5, 0.6) is 0 Å². The molecule has 96 valence electrons. The highest BCUT2D eigenvalue weighted by molar-refractivity contribution is 5.27. The molecule has 4 heteroatoms. The van der Waals surface area contributed by atoms with Gasteiger partial charge in [0.25, 0.3) is 0 Å². The smallest absolute Gasteiger partial charge is 0.128 e. The second kappa shape index (κ2) is 6.07. The van der Waals surface area contributed by atoms with Crippen LogP contribution in [-0.4, -0.2) is 32.1 Å². The summed E-state index contributed by atoms with van der Waals surface area (Å²) in [6.45, 7) is 5.05. The molecule has 0 saturated carbocycles. The van der Waals surface area contributed by atoms with Crippen LogP contribution in [0.4, 0.5) is 8.78 Å². The zero-order valence-corrected chi connectivity index (χ0v) is 10.8. The van der Waals surface area contributed by atoms with Crippen LogP contribution in [0.15, 0.2) is 12.1 Å². The number of halogens is 2. The van der Waals surface area contributed by atoms with Crippen LogP contribution in [0.1, 0.15) is 24.1 Å². The van der Waals surface area contributed by atoms with Crippen molar-refractivity contribution in [3.05, 3.63) is 34.9 Å². The minimum atomic E-state index is -0.352. The van der Waals surface area contributed by atoms with Crippen LogP contribution < -0.4 is 5.32 Å². The Morgan fingerprint density at radius 1 is 1.29 bits per heavy atom. The number of hydrogen-bond acceptors (Lipinski definition) is 2. The van der Waals surface area contributed by atoms with E-state index in [1.54, 1.807) is 6.92 Å². The Kier molecular flexibility index (Phi) is 5.02. The summed E-state index contributed by atoms with van der Waals surface area (Å²) in [5.41, 5.74) is 0.753. The maximum absolute atomic E-state index is 13.8. The van der Waals surface area contributed by atoms with Gasteiger partial charge in [0.2, 0.25) is 0 Å². The molecule has 0 fully saturated rings. The minimum absolute atomic E-state index is 0.140. The van der Waals surface area contributed by atoms with E-state index in [2.05, 4.69) is 5.32 Å². The van der Waals surface area contributed by atoms with Gasteiger partial charge in [0, 0.05) is 24.7 Å². The molecule has 0 radical (unpaired) electrons. The molecule has 1 atom stereocenters. The van der Waals surface area contributed by atoms with E-state index < -0.39 is 0 Å². The van der Waals surface area contributed by atoms with Crippen molar-refractivity contribution >= 4 is 0 Å². The predicted octanol–water partition coefficient (Wildman–Crippen LogP) is 2.49. The Morgan fingerprint density at radius 2 is 1.94 bits per heavy atom. The fourth-order valence-corrected chi connectivity index (χ4v) is 1.70. The highest BCUT2D eigenvalue weighted by Crippen LogP contribution is 2.24. The molecule has 0 aromatic heterocycles. The van der Waals surface area contributed by atoms with Crippen LogP contribution in [0.2, 0.25) is 0 Å². The number of benzene rings is 1. The Morgan fingerprint density at radius 3 is 2.53 bits per heavy atom. The van der Waals surface area contributed by atoms with Crippen molar-refractivity contribution in [1.29, 1.82) is 0 Å². The Balaban J connectivity index is 2.88. The molecule has 0 saturated heterocycles. The lowest BCUT2D eigenvalue weighted by molar-refractivity contribution is 0.257. The molecule has 1 aromatic rings. The van der Waals surface area contributed by atoms with Gasteiger partial charge in [-0.1, -0.05) is 0 Å². The summed E-state index contributed by atoms with van der Waals surface area (Å²) >= 11 is 0. The monoisotopic (exact) mass is 242 g/mol. The van der Waals surface area contributed by atoms with E-state index in [-0.39, 0.29) is 17.7 Å². The van der Waals surface area contributed by atoms with Gasteiger partial charge < -0.3 is 5.32 Å². The molecule has 0 amide bonds. The summed E-state index contributed by atoms with van der Waals surface area (Å²) in [7, 11) is 3.77. The Hall–Kier alpha value is -1.00. The summed E-state index contributed by atoms with van der Waals surface area (Å²) in [6, 6.07) is 2.41. The molecule has 1 rings (SSSR count). The lowest BCUT2D eigenvalue weighted by Crippen LogP contribution is -2.30. The molecule has 1 N–H and O–H groups in total. The summed E-state index contributed by atoms with van der Waals surface area (Å²) in [5, 5.41) is 3.03. The normalized spacial score (nSPS) is 13.1. The molecule has 1 aromatic carbocycles. The van der Waals surface area contributed by atoms with Crippen LogP contribution >= 0.6 is 0 Å². The number of rotatable bonds is 5. The van der Waals surface area contributed by atoms with Gasteiger partial charge in [-0.15, -0.1) is 0 Å². The fourth-order valence-electron chi connectivity index (χ4n) is 1.70. The van der Waals surface area contributed by atoms with E-state index in [4.69, 9.17) is 0 Å². The summed E-state index contributed by atoms with van der Waals surface area (Å²) in [6.07, 6.45) is 0. The first-order valence-electron chi connectivity index (χ1n) is 5.77. The van der Waals surface area contributed by atoms with E-state index in [9.17, 15) is 8.78 Å². The standard InChI is InChI=1S/C13H20F2N2/c1-9-7-13(15)11(8-12(9)14)10(2)17(4)6-5-16-3/h7-8,10,16H,5-6H2,1-4H3. The zero-order chi connectivity index (χ0) is 13.0.